The smallest absolute Gasteiger partial charge is 0.357 e. The highest BCUT2D eigenvalue weighted by Crippen LogP contribution is 2.30. The van der Waals surface area contributed by atoms with Crippen molar-refractivity contribution in [3.63, 3.8) is 0 Å². The van der Waals surface area contributed by atoms with E-state index in [1.54, 1.807) is 0 Å². The van der Waals surface area contributed by atoms with Crippen LogP contribution in [0.4, 0.5) is 13.2 Å². The lowest BCUT2D eigenvalue weighted by Gasteiger charge is -2.31. The lowest BCUT2D eigenvalue weighted by molar-refractivity contribution is -0.140. The van der Waals surface area contributed by atoms with Crippen LogP contribution in [0.5, 0.6) is 0 Å². The Morgan fingerprint density at radius 1 is 1.31 bits per heavy atom. The van der Waals surface area contributed by atoms with Crippen molar-refractivity contribution in [1.82, 2.24) is 20.5 Å². The predicted octanol–water partition coefficient (Wildman–Crippen LogP) is 3.34. The highest BCUT2D eigenvalue weighted by Gasteiger charge is 2.33. The van der Waals surface area contributed by atoms with Crippen LogP contribution in [0.2, 0.25) is 0 Å². The molecule has 0 saturated carbocycles. The number of rotatable bonds is 7. The highest BCUT2D eigenvalue weighted by atomic mass is 32.1. The normalized spacial score (nSPS) is 17.5. The van der Waals surface area contributed by atoms with Crippen molar-refractivity contribution in [1.29, 1.82) is 0 Å². The van der Waals surface area contributed by atoms with Gasteiger partial charge in [0.25, 0.3) is 0 Å². The zero-order valence-electron chi connectivity index (χ0n) is 15.4. The fraction of sp³-hybridized carbons (Fsp3) is 0.765. The van der Waals surface area contributed by atoms with E-state index in [0.29, 0.717) is 17.5 Å². The van der Waals surface area contributed by atoms with Crippen LogP contribution >= 0.6 is 11.3 Å². The molecule has 1 aromatic rings. The summed E-state index contributed by atoms with van der Waals surface area (Å²) < 4.78 is 37.8. The van der Waals surface area contributed by atoms with E-state index in [-0.39, 0.29) is 6.54 Å². The summed E-state index contributed by atoms with van der Waals surface area (Å²) in [4.78, 5) is 10.4. The average molecular weight is 392 g/mol. The maximum Gasteiger partial charge on any atom is 0.434 e. The first-order valence-electron chi connectivity index (χ1n) is 9.18. The summed E-state index contributed by atoms with van der Waals surface area (Å²) >= 11 is 0.987. The molecule has 148 valence electrons. The summed E-state index contributed by atoms with van der Waals surface area (Å²) in [5.41, 5.74) is -0.843. The topological polar surface area (TPSA) is 52.6 Å². The molecule has 0 atom stereocenters. The summed E-state index contributed by atoms with van der Waals surface area (Å²) in [6.45, 7) is 9.27. The zero-order valence-corrected chi connectivity index (χ0v) is 16.2. The van der Waals surface area contributed by atoms with E-state index < -0.39 is 11.9 Å². The molecule has 26 heavy (non-hydrogen) atoms. The number of nitrogens with zero attached hydrogens (tertiary/aromatic N) is 3. The predicted molar refractivity (Wildman–Crippen MR) is 99.4 cm³/mol. The van der Waals surface area contributed by atoms with Gasteiger partial charge in [-0.15, -0.1) is 11.3 Å². The molecule has 1 aliphatic heterocycles. The summed E-state index contributed by atoms with van der Waals surface area (Å²) in [6.07, 6.45) is -0.864. The first-order valence-corrected chi connectivity index (χ1v) is 10.1. The van der Waals surface area contributed by atoms with Crippen molar-refractivity contribution in [3.05, 3.63) is 16.1 Å². The number of hydrogen-bond acceptors (Lipinski definition) is 4. The Bertz CT molecular complexity index is 565. The van der Waals surface area contributed by atoms with Gasteiger partial charge in [-0.3, -0.25) is 0 Å². The molecule has 1 aliphatic rings. The van der Waals surface area contributed by atoms with E-state index >= 15 is 0 Å². The van der Waals surface area contributed by atoms with E-state index in [2.05, 4.69) is 32.4 Å². The summed E-state index contributed by atoms with van der Waals surface area (Å²) in [5, 5.41) is 7.81. The maximum absolute atomic E-state index is 12.6. The van der Waals surface area contributed by atoms with Gasteiger partial charge in [0, 0.05) is 18.5 Å². The van der Waals surface area contributed by atoms with Crippen LogP contribution in [-0.4, -0.2) is 48.6 Å². The van der Waals surface area contributed by atoms with Crippen molar-refractivity contribution < 1.29 is 13.2 Å². The molecular formula is C17H28F3N5S. The summed E-state index contributed by atoms with van der Waals surface area (Å²) in [7, 11) is 0. The van der Waals surface area contributed by atoms with Gasteiger partial charge in [-0.05, 0) is 51.7 Å². The van der Waals surface area contributed by atoms with Gasteiger partial charge in [-0.2, -0.15) is 13.2 Å². The highest BCUT2D eigenvalue weighted by molar-refractivity contribution is 7.09. The molecule has 2 heterocycles. The van der Waals surface area contributed by atoms with E-state index in [1.807, 2.05) is 6.92 Å². The zero-order chi connectivity index (χ0) is 19.0. The molecule has 2 N–H and O–H groups in total. The van der Waals surface area contributed by atoms with Crippen LogP contribution in [0.15, 0.2) is 10.4 Å². The number of nitrogens with one attached hydrogen (secondary N) is 2. The molecular weight excluding hydrogens is 363 g/mol. The van der Waals surface area contributed by atoms with Gasteiger partial charge in [0.2, 0.25) is 0 Å². The number of aliphatic imine (C=N–C) groups is 1. The second kappa shape index (κ2) is 10.1. The van der Waals surface area contributed by atoms with Crippen molar-refractivity contribution in [2.45, 2.75) is 45.8 Å². The number of piperidine rings is 1. The van der Waals surface area contributed by atoms with E-state index in [4.69, 9.17) is 0 Å². The summed E-state index contributed by atoms with van der Waals surface area (Å²) in [6, 6.07) is 0. The number of halogens is 3. The molecule has 0 radical (unpaired) electrons. The molecule has 0 bridgehead atoms. The number of hydrogen-bond donors (Lipinski definition) is 2. The molecule has 1 aromatic heterocycles. The lowest BCUT2D eigenvalue weighted by Crippen LogP contribution is -2.39. The van der Waals surface area contributed by atoms with Gasteiger partial charge < -0.3 is 15.5 Å². The quantitative estimate of drug-likeness (QED) is 0.553. The molecule has 1 fully saturated rings. The van der Waals surface area contributed by atoms with Crippen LogP contribution in [0, 0.1) is 5.92 Å². The monoisotopic (exact) mass is 391 g/mol. The third-order valence-electron chi connectivity index (χ3n) is 4.56. The average Bonchev–Trinajstić information content (AvgIpc) is 3.10. The Labute approximate surface area is 157 Å². The SMILES string of the molecule is CCNC(=NCc1nc(C(F)(F)F)cs1)NCCC1CCN(CC)CC1. The maximum atomic E-state index is 12.6. The van der Waals surface area contributed by atoms with Gasteiger partial charge in [0.15, 0.2) is 11.7 Å². The number of thiazole rings is 1. The van der Waals surface area contributed by atoms with Crippen molar-refractivity contribution in [3.8, 4) is 0 Å². The molecule has 1 saturated heterocycles. The molecule has 9 heteroatoms. The lowest BCUT2D eigenvalue weighted by atomic mass is 9.93. The Morgan fingerprint density at radius 3 is 2.62 bits per heavy atom. The largest absolute Gasteiger partial charge is 0.434 e. The first kappa shape index (κ1) is 21.0. The minimum absolute atomic E-state index is 0.144. The van der Waals surface area contributed by atoms with Crippen LogP contribution < -0.4 is 10.6 Å². The molecule has 0 unspecified atom stereocenters. The van der Waals surface area contributed by atoms with Crippen molar-refractivity contribution in [2.24, 2.45) is 10.9 Å². The molecule has 0 amide bonds. The standard InChI is InChI=1S/C17H28F3N5S/c1-3-21-16(22-8-5-13-6-9-25(4-2)10-7-13)23-11-15-24-14(12-26-15)17(18,19)20/h12-13H,3-11H2,1-2H3,(H2,21,22,23). The van der Waals surface area contributed by atoms with Gasteiger partial charge >= 0.3 is 6.18 Å². The molecule has 0 aromatic carbocycles. The minimum atomic E-state index is -4.39. The second-order valence-electron chi connectivity index (χ2n) is 6.41. The summed E-state index contributed by atoms with van der Waals surface area (Å²) in [5.74, 6) is 1.35. The Morgan fingerprint density at radius 2 is 2.04 bits per heavy atom. The minimum Gasteiger partial charge on any atom is -0.357 e. The molecule has 0 aliphatic carbocycles. The van der Waals surface area contributed by atoms with Crippen LogP contribution in [0.25, 0.3) is 0 Å². The van der Waals surface area contributed by atoms with Crippen molar-refractivity contribution in [2.75, 3.05) is 32.7 Å². The third kappa shape index (κ3) is 6.75. The van der Waals surface area contributed by atoms with E-state index in [1.165, 1.54) is 25.9 Å². The number of alkyl halides is 3. The van der Waals surface area contributed by atoms with Crippen LogP contribution in [0.1, 0.15) is 43.8 Å². The fourth-order valence-corrected chi connectivity index (χ4v) is 3.71. The van der Waals surface area contributed by atoms with Crippen LogP contribution in [-0.2, 0) is 12.7 Å². The molecule has 2 rings (SSSR count). The van der Waals surface area contributed by atoms with Crippen molar-refractivity contribution >= 4 is 17.3 Å². The molecule has 5 nitrogen and oxygen atoms in total. The van der Waals surface area contributed by atoms with E-state index in [0.717, 1.165) is 42.1 Å². The Kier molecular flexibility index (Phi) is 8.15. The molecule has 0 spiro atoms. The number of likely N-dealkylation sites (tertiary alicyclic amines) is 1. The van der Waals surface area contributed by atoms with Gasteiger partial charge in [0.1, 0.15) is 5.01 Å². The second-order valence-corrected chi connectivity index (χ2v) is 7.36. The number of aromatic nitrogens is 1. The van der Waals surface area contributed by atoms with Gasteiger partial charge in [0.05, 0.1) is 6.54 Å². The van der Waals surface area contributed by atoms with Crippen LogP contribution in [0.3, 0.4) is 0 Å². The van der Waals surface area contributed by atoms with Gasteiger partial charge in [-0.25, -0.2) is 9.98 Å². The fourth-order valence-electron chi connectivity index (χ4n) is 2.99. The van der Waals surface area contributed by atoms with Gasteiger partial charge in [-0.1, -0.05) is 6.92 Å². The Balaban J connectivity index is 1.78. The third-order valence-corrected chi connectivity index (χ3v) is 5.39. The number of guanidine groups is 1. The Hall–Kier alpha value is -1.35. The van der Waals surface area contributed by atoms with E-state index in [9.17, 15) is 13.2 Å². The first-order chi connectivity index (χ1) is 12.4.